The first-order valence-corrected chi connectivity index (χ1v) is 7.58. The van der Waals surface area contributed by atoms with E-state index in [1.807, 2.05) is 6.07 Å². The van der Waals surface area contributed by atoms with Crippen molar-refractivity contribution in [3.05, 3.63) is 54.6 Å². The Balaban J connectivity index is 2.37. The Hall–Kier alpha value is -1.43. The summed E-state index contributed by atoms with van der Waals surface area (Å²) in [6, 6.07) is 5.30. The molecule has 1 aromatic rings. The van der Waals surface area contributed by atoms with Crippen LogP contribution in [-0.4, -0.2) is 25.8 Å². The number of nitrogens with zero attached hydrogens (tertiary/aromatic N) is 1. The Bertz CT molecular complexity index is 583. The molecule has 0 fully saturated rings. The minimum Gasteiger partial charge on any atom is -0.309 e. The molecular formula is C14H18N2O2S. The fraction of sp³-hybridized carbons (Fsp3) is 0.286. The van der Waals surface area contributed by atoms with Crippen LogP contribution in [0.2, 0.25) is 0 Å². The van der Waals surface area contributed by atoms with Crippen LogP contribution in [0.5, 0.6) is 0 Å². The number of nitrogens with one attached hydrogen (secondary N) is 1. The molecule has 0 aromatic heterocycles. The number of rotatable bonds is 6. The topological polar surface area (TPSA) is 49.4 Å². The number of sulfonamides is 1. The summed E-state index contributed by atoms with van der Waals surface area (Å²) in [4.78, 5) is 0.332. The molecule has 1 N–H and O–H groups in total. The third kappa shape index (κ3) is 2.78. The molecule has 2 rings (SSSR count). The van der Waals surface area contributed by atoms with E-state index in [1.54, 1.807) is 24.3 Å². The maximum absolute atomic E-state index is 12.5. The van der Waals surface area contributed by atoms with Crippen molar-refractivity contribution in [2.45, 2.75) is 18.0 Å². The van der Waals surface area contributed by atoms with Crippen molar-refractivity contribution < 1.29 is 8.42 Å². The van der Waals surface area contributed by atoms with Crippen LogP contribution in [-0.2, 0) is 23.1 Å². The summed E-state index contributed by atoms with van der Waals surface area (Å²) in [6.45, 7) is 9.29. The fourth-order valence-electron chi connectivity index (χ4n) is 2.14. The quantitative estimate of drug-likeness (QED) is 0.805. The maximum atomic E-state index is 12.5. The zero-order chi connectivity index (χ0) is 13.9. The van der Waals surface area contributed by atoms with Gasteiger partial charge in [-0.2, -0.15) is 4.31 Å². The van der Waals surface area contributed by atoms with Crippen LogP contribution in [0.25, 0.3) is 0 Å². The average molecular weight is 278 g/mol. The normalized spacial score (nSPS) is 14.4. The zero-order valence-corrected chi connectivity index (χ0v) is 11.6. The molecule has 1 aliphatic rings. The van der Waals surface area contributed by atoms with Crippen molar-refractivity contribution in [2.75, 3.05) is 13.1 Å². The van der Waals surface area contributed by atoms with Crippen LogP contribution >= 0.6 is 0 Å². The maximum Gasteiger partial charge on any atom is 0.243 e. The number of hydrogen-bond acceptors (Lipinski definition) is 3. The van der Waals surface area contributed by atoms with Crippen molar-refractivity contribution in [1.82, 2.24) is 9.62 Å². The standard InChI is InChI=1S/C14H18N2O2S/c1-3-7-16(8-4-2)19(17,18)14-6-5-12-10-15-11-13(12)9-14/h3-6,9,15H,1-2,7-8,10-11H2. The number of hydrogen-bond donors (Lipinski definition) is 1. The van der Waals surface area contributed by atoms with Gasteiger partial charge in [-0.15, -0.1) is 13.2 Å². The molecule has 0 spiro atoms. The molecule has 0 unspecified atom stereocenters. The van der Waals surface area contributed by atoms with Gasteiger partial charge in [0.25, 0.3) is 0 Å². The van der Waals surface area contributed by atoms with Crippen molar-refractivity contribution in [3.63, 3.8) is 0 Å². The van der Waals surface area contributed by atoms with Crippen LogP contribution < -0.4 is 5.32 Å². The molecule has 102 valence electrons. The predicted molar refractivity (Wildman–Crippen MR) is 76.1 cm³/mol. The van der Waals surface area contributed by atoms with Gasteiger partial charge in [-0.3, -0.25) is 0 Å². The summed E-state index contributed by atoms with van der Waals surface area (Å²) >= 11 is 0. The van der Waals surface area contributed by atoms with Gasteiger partial charge in [0.15, 0.2) is 0 Å². The van der Waals surface area contributed by atoms with Gasteiger partial charge in [0.2, 0.25) is 10.0 Å². The van der Waals surface area contributed by atoms with E-state index in [4.69, 9.17) is 0 Å². The Morgan fingerprint density at radius 3 is 2.42 bits per heavy atom. The first-order chi connectivity index (χ1) is 9.09. The Labute approximate surface area is 114 Å². The average Bonchev–Trinajstić information content (AvgIpc) is 2.85. The van der Waals surface area contributed by atoms with E-state index in [0.717, 1.165) is 24.2 Å². The molecule has 0 atom stereocenters. The zero-order valence-electron chi connectivity index (χ0n) is 10.8. The van der Waals surface area contributed by atoms with Crippen molar-refractivity contribution in [2.24, 2.45) is 0 Å². The first-order valence-electron chi connectivity index (χ1n) is 6.14. The molecule has 0 amide bonds. The predicted octanol–water partition coefficient (Wildman–Crippen LogP) is 1.65. The molecule has 0 saturated carbocycles. The van der Waals surface area contributed by atoms with Crippen molar-refractivity contribution in [1.29, 1.82) is 0 Å². The van der Waals surface area contributed by atoms with E-state index in [1.165, 1.54) is 4.31 Å². The van der Waals surface area contributed by atoms with E-state index in [2.05, 4.69) is 18.5 Å². The lowest BCUT2D eigenvalue weighted by Gasteiger charge is -2.19. The molecule has 4 nitrogen and oxygen atoms in total. The van der Waals surface area contributed by atoms with Crippen LogP contribution in [0.4, 0.5) is 0 Å². The third-order valence-electron chi connectivity index (χ3n) is 3.11. The number of fused-ring (bicyclic) bond motifs is 1. The largest absolute Gasteiger partial charge is 0.309 e. The van der Waals surface area contributed by atoms with E-state index < -0.39 is 10.0 Å². The molecule has 1 aromatic carbocycles. The van der Waals surface area contributed by atoms with Gasteiger partial charge in [0.05, 0.1) is 4.90 Å². The minimum absolute atomic E-state index is 0.281. The summed E-state index contributed by atoms with van der Waals surface area (Å²) in [5.74, 6) is 0. The lowest BCUT2D eigenvalue weighted by molar-refractivity contribution is 0.474. The summed E-state index contributed by atoms with van der Waals surface area (Å²) in [5.41, 5.74) is 2.22. The summed E-state index contributed by atoms with van der Waals surface area (Å²) in [6.07, 6.45) is 3.16. The highest BCUT2D eigenvalue weighted by Crippen LogP contribution is 2.22. The van der Waals surface area contributed by atoms with Crippen molar-refractivity contribution >= 4 is 10.0 Å². The van der Waals surface area contributed by atoms with Gasteiger partial charge < -0.3 is 5.32 Å². The van der Waals surface area contributed by atoms with E-state index in [-0.39, 0.29) is 13.1 Å². The van der Waals surface area contributed by atoms with Crippen molar-refractivity contribution in [3.8, 4) is 0 Å². The molecule has 0 aliphatic carbocycles. The third-order valence-corrected chi connectivity index (χ3v) is 4.94. The Morgan fingerprint density at radius 1 is 1.16 bits per heavy atom. The molecule has 1 heterocycles. The van der Waals surface area contributed by atoms with Crippen LogP contribution in [0.1, 0.15) is 11.1 Å². The van der Waals surface area contributed by atoms with E-state index >= 15 is 0 Å². The summed E-state index contributed by atoms with van der Waals surface area (Å²) in [7, 11) is -3.48. The van der Waals surface area contributed by atoms with Gasteiger partial charge in [-0.25, -0.2) is 8.42 Å². The molecule has 5 heteroatoms. The van der Waals surface area contributed by atoms with Gasteiger partial charge in [-0.05, 0) is 23.3 Å². The highest BCUT2D eigenvalue weighted by atomic mass is 32.2. The Kier molecular flexibility index (Phi) is 4.19. The lowest BCUT2D eigenvalue weighted by Crippen LogP contribution is -2.31. The van der Waals surface area contributed by atoms with E-state index in [0.29, 0.717) is 4.90 Å². The number of benzene rings is 1. The molecule has 1 aliphatic heterocycles. The molecule has 0 radical (unpaired) electrons. The Morgan fingerprint density at radius 2 is 1.79 bits per heavy atom. The highest BCUT2D eigenvalue weighted by molar-refractivity contribution is 7.89. The van der Waals surface area contributed by atoms with Gasteiger partial charge in [0, 0.05) is 26.2 Å². The van der Waals surface area contributed by atoms with Crippen LogP contribution in [0.15, 0.2) is 48.4 Å². The molecular weight excluding hydrogens is 260 g/mol. The monoisotopic (exact) mass is 278 g/mol. The first kappa shape index (κ1) is 14.0. The van der Waals surface area contributed by atoms with Crippen LogP contribution in [0.3, 0.4) is 0 Å². The molecule has 0 saturated heterocycles. The van der Waals surface area contributed by atoms with Gasteiger partial charge in [0.1, 0.15) is 0 Å². The summed E-state index contributed by atoms with van der Waals surface area (Å²) in [5, 5.41) is 3.21. The van der Waals surface area contributed by atoms with Crippen LogP contribution in [0, 0.1) is 0 Å². The second-order valence-electron chi connectivity index (χ2n) is 4.43. The molecule has 0 bridgehead atoms. The lowest BCUT2D eigenvalue weighted by atomic mass is 10.1. The minimum atomic E-state index is -3.48. The SMILES string of the molecule is C=CCN(CC=C)S(=O)(=O)c1ccc2c(c1)CNC2. The highest BCUT2D eigenvalue weighted by Gasteiger charge is 2.24. The molecule has 19 heavy (non-hydrogen) atoms. The van der Waals surface area contributed by atoms with E-state index in [9.17, 15) is 8.42 Å². The second-order valence-corrected chi connectivity index (χ2v) is 6.37. The second kappa shape index (κ2) is 5.69. The fourth-order valence-corrected chi connectivity index (χ4v) is 3.57. The van der Waals surface area contributed by atoms with Gasteiger partial charge >= 0.3 is 0 Å². The smallest absolute Gasteiger partial charge is 0.243 e. The summed E-state index contributed by atoms with van der Waals surface area (Å²) < 4.78 is 26.4. The van der Waals surface area contributed by atoms with Gasteiger partial charge in [-0.1, -0.05) is 18.2 Å².